The zero-order valence-corrected chi connectivity index (χ0v) is 16.3. The van der Waals surface area contributed by atoms with Gasteiger partial charge < -0.3 is 0 Å². The molecule has 1 aliphatic heterocycles. The average Bonchev–Trinajstić information content (AvgIpc) is 3.23. The van der Waals surface area contributed by atoms with Gasteiger partial charge in [-0.2, -0.15) is 9.40 Å². The van der Waals surface area contributed by atoms with Gasteiger partial charge in [0.05, 0.1) is 11.1 Å². The summed E-state index contributed by atoms with van der Waals surface area (Å²) < 4.78 is 41.1. The van der Waals surface area contributed by atoms with Gasteiger partial charge in [0.1, 0.15) is 5.82 Å². The van der Waals surface area contributed by atoms with E-state index in [9.17, 15) is 12.8 Å². The Bertz CT molecular complexity index is 1080. The molecule has 1 fully saturated rings. The Hall–Kier alpha value is -2.58. The molecule has 0 amide bonds. The van der Waals surface area contributed by atoms with Gasteiger partial charge in [0.2, 0.25) is 10.0 Å². The van der Waals surface area contributed by atoms with Crippen molar-refractivity contribution in [3.05, 3.63) is 66.0 Å². The van der Waals surface area contributed by atoms with Gasteiger partial charge in [0.25, 0.3) is 0 Å². The summed E-state index contributed by atoms with van der Waals surface area (Å²) in [4.78, 5) is 4.13. The van der Waals surface area contributed by atoms with Crippen LogP contribution < -0.4 is 0 Å². The van der Waals surface area contributed by atoms with Crippen LogP contribution in [-0.4, -0.2) is 41.0 Å². The van der Waals surface area contributed by atoms with Crippen LogP contribution in [0, 0.1) is 12.7 Å². The minimum Gasteiger partial charge on any atom is -0.282 e. The van der Waals surface area contributed by atoms with Crippen LogP contribution in [0.2, 0.25) is 0 Å². The van der Waals surface area contributed by atoms with Crippen LogP contribution in [0.4, 0.5) is 4.39 Å². The second-order valence-electron chi connectivity index (χ2n) is 7.06. The molecule has 146 valence electrons. The first-order chi connectivity index (χ1) is 13.4. The second-order valence-corrected chi connectivity index (χ2v) is 9.00. The summed E-state index contributed by atoms with van der Waals surface area (Å²) in [6.45, 7) is 2.77. The Morgan fingerprint density at radius 3 is 2.57 bits per heavy atom. The number of aryl methyl sites for hydroxylation is 1. The number of piperidine rings is 1. The molecule has 0 radical (unpaired) electrons. The molecule has 6 nitrogen and oxygen atoms in total. The highest BCUT2D eigenvalue weighted by Gasteiger charge is 2.30. The molecule has 3 heterocycles. The van der Waals surface area contributed by atoms with Crippen molar-refractivity contribution >= 4 is 10.0 Å². The monoisotopic (exact) mass is 400 g/mol. The fraction of sp³-hybridized carbons (Fsp3) is 0.300. The summed E-state index contributed by atoms with van der Waals surface area (Å²) in [5, 5.41) is 6.95. The van der Waals surface area contributed by atoms with E-state index >= 15 is 0 Å². The Morgan fingerprint density at radius 2 is 1.93 bits per heavy atom. The number of nitrogens with zero attached hydrogens (tertiary/aromatic N) is 3. The summed E-state index contributed by atoms with van der Waals surface area (Å²) in [5.74, 6) is -0.118. The summed E-state index contributed by atoms with van der Waals surface area (Å²) in [6.07, 6.45) is 5.95. The number of rotatable bonds is 4. The molecule has 0 atom stereocenters. The van der Waals surface area contributed by atoms with E-state index in [2.05, 4.69) is 15.2 Å². The predicted molar refractivity (Wildman–Crippen MR) is 104 cm³/mol. The molecule has 8 heteroatoms. The standard InChI is InChI=1S/C20H21FN4O2S/c1-14-10-18(2-3-19(14)16-11-17(21)13-22-12-16)28(26,27)25-8-5-15(6-9-25)20-4-7-23-24-20/h2-4,7,10-13,15H,5-6,8-9H2,1H3,(H,23,24). The van der Waals surface area contributed by atoms with E-state index in [-0.39, 0.29) is 4.90 Å². The molecule has 0 spiro atoms. The molecule has 1 aliphatic rings. The molecule has 0 unspecified atom stereocenters. The highest BCUT2D eigenvalue weighted by Crippen LogP contribution is 2.31. The average molecular weight is 400 g/mol. The van der Waals surface area contributed by atoms with Crippen LogP contribution in [-0.2, 0) is 10.0 Å². The number of benzene rings is 1. The Labute approximate surface area is 163 Å². The lowest BCUT2D eigenvalue weighted by Crippen LogP contribution is -2.38. The molecule has 3 aromatic rings. The van der Waals surface area contributed by atoms with Crippen molar-refractivity contribution in [3.63, 3.8) is 0 Å². The molecule has 0 saturated carbocycles. The first-order valence-electron chi connectivity index (χ1n) is 9.16. The number of hydrogen-bond acceptors (Lipinski definition) is 4. The zero-order valence-electron chi connectivity index (χ0n) is 15.5. The number of halogens is 1. The number of hydrogen-bond donors (Lipinski definition) is 1. The van der Waals surface area contributed by atoms with Crippen molar-refractivity contribution in [1.29, 1.82) is 0 Å². The van der Waals surface area contributed by atoms with Crippen molar-refractivity contribution in [1.82, 2.24) is 19.5 Å². The topological polar surface area (TPSA) is 79.0 Å². The number of aromatic amines is 1. The number of aromatic nitrogens is 3. The number of pyridine rings is 1. The molecule has 1 saturated heterocycles. The van der Waals surface area contributed by atoms with Gasteiger partial charge >= 0.3 is 0 Å². The lowest BCUT2D eigenvalue weighted by molar-refractivity contribution is 0.316. The van der Waals surface area contributed by atoms with Crippen LogP contribution in [0.25, 0.3) is 11.1 Å². The van der Waals surface area contributed by atoms with Crippen LogP contribution in [0.5, 0.6) is 0 Å². The van der Waals surface area contributed by atoms with Gasteiger partial charge in [-0.05, 0) is 55.2 Å². The van der Waals surface area contributed by atoms with E-state index in [1.807, 2.05) is 13.0 Å². The lowest BCUT2D eigenvalue weighted by Gasteiger charge is -2.30. The minimum atomic E-state index is -3.57. The van der Waals surface area contributed by atoms with Gasteiger partial charge in [-0.1, -0.05) is 6.07 Å². The highest BCUT2D eigenvalue weighted by molar-refractivity contribution is 7.89. The fourth-order valence-corrected chi connectivity index (χ4v) is 5.29. The Balaban J connectivity index is 1.54. The van der Waals surface area contributed by atoms with E-state index in [0.29, 0.717) is 24.6 Å². The molecule has 1 N–H and O–H groups in total. The van der Waals surface area contributed by atoms with Gasteiger partial charge in [0.15, 0.2) is 0 Å². The maximum absolute atomic E-state index is 13.5. The first-order valence-corrected chi connectivity index (χ1v) is 10.6. The largest absolute Gasteiger partial charge is 0.282 e. The summed E-state index contributed by atoms with van der Waals surface area (Å²) in [6, 6.07) is 8.29. The van der Waals surface area contributed by atoms with E-state index < -0.39 is 15.8 Å². The quantitative estimate of drug-likeness (QED) is 0.727. The summed E-state index contributed by atoms with van der Waals surface area (Å²) >= 11 is 0. The van der Waals surface area contributed by atoms with Crippen molar-refractivity contribution < 1.29 is 12.8 Å². The maximum atomic E-state index is 13.5. The smallest absolute Gasteiger partial charge is 0.243 e. The van der Waals surface area contributed by atoms with E-state index in [1.165, 1.54) is 10.4 Å². The number of sulfonamides is 1. The third-order valence-electron chi connectivity index (χ3n) is 5.27. The number of nitrogens with one attached hydrogen (secondary N) is 1. The van der Waals surface area contributed by atoms with Crippen molar-refractivity contribution in [2.75, 3.05) is 13.1 Å². The Morgan fingerprint density at radius 1 is 1.14 bits per heavy atom. The van der Waals surface area contributed by atoms with Gasteiger partial charge in [-0.15, -0.1) is 0 Å². The van der Waals surface area contributed by atoms with Gasteiger partial charge in [-0.25, -0.2) is 12.8 Å². The summed E-state index contributed by atoms with van der Waals surface area (Å²) in [7, 11) is -3.57. The van der Waals surface area contributed by atoms with Crippen molar-refractivity contribution in [3.8, 4) is 11.1 Å². The molecule has 0 bridgehead atoms. The fourth-order valence-electron chi connectivity index (χ4n) is 3.73. The third-order valence-corrected chi connectivity index (χ3v) is 7.16. The minimum absolute atomic E-state index is 0.262. The predicted octanol–water partition coefficient (Wildman–Crippen LogP) is 3.49. The van der Waals surface area contributed by atoms with Crippen LogP contribution in [0.15, 0.2) is 53.8 Å². The molecule has 2 aromatic heterocycles. The van der Waals surface area contributed by atoms with Crippen molar-refractivity contribution in [2.45, 2.75) is 30.6 Å². The van der Waals surface area contributed by atoms with E-state index in [4.69, 9.17) is 0 Å². The SMILES string of the molecule is Cc1cc(S(=O)(=O)N2CCC(c3ccn[nH]3)CC2)ccc1-c1cncc(F)c1. The first kappa shape index (κ1) is 18.8. The second kappa shape index (κ2) is 7.44. The molecule has 0 aliphatic carbocycles. The maximum Gasteiger partial charge on any atom is 0.243 e. The number of H-pyrrole nitrogens is 1. The zero-order chi connectivity index (χ0) is 19.7. The third kappa shape index (κ3) is 3.57. The van der Waals surface area contributed by atoms with Crippen LogP contribution in [0.1, 0.15) is 30.0 Å². The molecule has 1 aromatic carbocycles. The van der Waals surface area contributed by atoms with E-state index in [1.54, 1.807) is 30.6 Å². The van der Waals surface area contributed by atoms with E-state index in [0.717, 1.165) is 35.9 Å². The van der Waals surface area contributed by atoms with Crippen LogP contribution in [0.3, 0.4) is 0 Å². The summed E-state index contributed by atoms with van der Waals surface area (Å²) in [5.41, 5.74) is 3.22. The molecule has 4 rings (SSSR count). The van der Waals surface area contributed by atoms with Gasteiger partial charge in [0, 0.05) is 42.7 Å². The molecule has 28 heavy (non-hydrogen) atoms. The normalized spacial score (nSPS) is 16.4. The van der Waals surface area contributed by atoms with Crippen LogP contribution >= 0.6 is 0 Å². The van der Waals surface area contributed by atoms with Gasteiger partial charge in [-0.3, -0.25) is 10.1 Å². The lowest BCUT2D eigenvalue weighted by atomic mass is 9.95. The Kier molecular flexibility index (Phi) is 4.99. The van der Waals surface area contributed by atoms with Crippen molar-refractivity contribution in [2.24, 2.45) is 0 Å². The molecular formula is C20H21FN4O2S. The highest BCUT2D eigenvalue weighted by atomic mass is 32.2. The molecular weight excluding hydrogens is 379 g/mol.